The van der Waals surface area contributed by atoms with Crippen LogP contribution in [0.2, 0.25) is 0 Å². The van der Waals surface area contributed by atoms with Crippen LogP contribution in [-0.2, 0) is 0 Å². The Bertz CT molecular complexity index is 463. The minimum Gasteiger partial charge on any atom is -0.294 e. The average molecular weight is 216 g/mol. The van der Waals surface area contributed by atoms with Crippen molar-refractivity contribution in [1.82, 2.24) is 0 Å². The minimum atomic E-state index is 0.123. The number of Topliss-reactive ketones (excluding diaryl/α,β-unsaturated/α-hetero) is 2. The molecule has 0 fully saturated rings. The summed E-state index contributed by atoms with van der Waals surface area (Å²) in [6, 6.07) is 0. The number of ketones is 2. The molecule has 0 atom stereocenters. The molecular formula is C14H16O2. The first-order valence-corrected chi connectivity index (χ1v) is 5.62. The fraction of sp³-hybridized carbons (Fsp3) is 0.429. The van der Waals surface area contributed by atoms with Crippen LogP contribution in [0, 0.1) is 27.7 Å². The minimum absolute atomic E-state index is 0.123. The van der Waals surface area contributed by atoms with Gasteiger partial charge in [0.25, 0.3) is 0 Å². The molecule has 1 aromatic rings. The largest absolute Gasteiger partial charge is 0.294 e. The summed E-state index contributed by atoms with van der Waals surface area (Å²) in [6.07, 6.45) is 0.739. The molecule has 1 aromatic carbocycles. The normalized spacial score (nSPS) is 15.2. The van der Waals surface area contributed by atoms with Crippen LogP contribution in [-0.4, -0.2) is 11.6 Å². The lowest BCUT2D eigenvalue weighted by Gasteiger charge is -2.22. The van der Waals surface area contributed by atoms with Gasteiger partial charge < -0.3 is 0 Å². The first-order valence-electron chi connectivity index (χ1n) is 5.62. The quantitative estimate of drug-likeness (QED) is 0.667. The van der Waals surface area contributed by atoms with E-state index < -0.39 is 0 Å². The Labute approximate surface area is 95.7 Å². The Morgan fingerprint density at radius 3 is 1.25 bits per heavy atom. The van der Waals surface area contributed by atoms with Crippen molar-refractivity contribution in [2.75, 3.05) is 0 Å². The second-order valence-corrected chi connectivity index (χ2v) is 4.60. The van der Waals surface area contributed by atoms with Crippen LogP contribution in [0.1, 0.15) is 55.8 Å². The van der Waals surface area contributed by atoms with Crippen LogP contribution in [0.4, 0.5) is 0 Å². The lowest BCUT2D eigenvalue weighted by atomic mass is 9.80. The molecule has 0 heterocycles. The molecular weight excluding hydrogens is 200 g/mol. The molecule has 2 heteroatoms. The highest BCUT2D eigenvalue weighted by Crippen LogP contribution is 2.31. The van der Waals surface area contributed by atoms with Gasteiger partial charge in [-0.05, 0) is 49.9 Å². The molecule has 0 amide bonds. The SMILES string of the molecule is Cc1c(C)c(C)c2c(c1C)C(=O)CCC2=O. The van der Waals surface area contributed by atoms with Crippen molar-refractivity contribution in [2.24, 2.45) is 0 Å². The van der Waals surface area contributed by atoms with Crippen molar-refractivity contribution < 1.29 is 9.59 Å². The second kappa shape index (κ2) is 3.55. The van der Waals surface area contributed by atoms with Gasteiger partial charge in [-0.25, -0.2) is 0 Å². The third-order valence-corrected chi connectivity index (χ3v) is 3.82. The molecule has 84 valence electrons. The second-order valence-electron chi connectivity index (χ2n) is 4.60. The maximum absolute atomic E-state index is 11.9. The molecule has 2 rings (SSSR count). The summed E-state index contributed by atoms with van der Waals surface area (Å²) in [4.78, 5) is 23.8. The van der Waals surface area contributed by atoms with Gasteiger partial charge in [-0.3, -0.25) is 9.59 Å². The molecule has 0 saturated heterocycles. The van der Waals surface area contributed by atoms with E-state index in [-0.39, 0.29) is 11.6 Å². The van der Waals surface area contributed by atoms with Crippen molar-refractivity contribution >= 4 is 11.6 Å². The van der Waals surface area contributed by atoms with E-state index in [0.29, 0.717) is 24.0 Å². The molecule has 0 radical (unpaired) electrons. The van der Waals surface area contributed by atoms with E-state index in [2.05, 4.69) is 0 Å². The van der Waals surface area contributed by atoms with Crippen molar-refractivity contribution in [2.45, 2.75) is 40.5 Å². The van der Waals surface area contributed by atoms with Crippen LogP contribution < -0.4 is 0 Å². The molecule has 1 aliphatic rings. The predicted molar refractivity (Wildman–Crippen MR) is 63.3 cm³/mol. The summed E-state index contributed by atoms with van der Waals surface area (Å²) in [6.45, 7) is 7.92. The van der Waals surface area contributed by atoms with Gasteiger partial charge in [-0.15, -0.1) is 0 Å². The standard InChI is InChI=1S/C14H16O2/c1-7-8(2)10(4)14-12(16)6-5-11(15)13(14)9(7)3/h5-6H2,1-4H3. The Morgan fingerprint density at radius 1 is 0.625 bits per heavy atom. The molecule has 0 unspecified atom stereocenters. The summed E-state index contributed by atoms with van der Waals surface area (Å²) in [5.74, 6) is 0.247. The van der Waals surface area contributed by atoms with Crippen LogP contribution in [0.5, 0.6) is 0 Å². The van der Waals surface area contributed by atoms with Gasteiger partial charge >= 0.3 is 0 Å². The number of fused-ring (bicyclic) bond motifs is 1. The third-order valence-electron chi connectivity index (χ3n) is 3.82. The number of hydrogen-bond donors (Lipinski definition) is 0. The highest BCUT2D eigenvalue weighted by Gasteiger charge is 2.28. The number of carbonyl (C=O) groups excluding carboxylic acids is 2. The van der Waals surface area contributed by atoms with Crippen LogP contribution >= 0.6 is 0 Å². The Hall–Kier alpha value is -1.44. The van der Waals surface area contributed by atoms with Crippen LogP contribution in [0.15, 0.2) is 0 Å². The van der Waals surface area contributed by atoms with E-state index in [1.54, 1.807) is 0 Å². The lowest BCUT2D eigenvalue weighted by molar-refractivity contribution is 0.0889. The van der Waals surface area contributed by atoms with Gasteiger partial charge in [0.15, 0.2) is 11.6 Å². The zero-order valence-electron chi connectivity index (χ0n) is 10.2. The maximum atomic E-state index is 11.9. The molecule has 0 saturated carbocycles. The Morgan fingerprint density at radius 2 is 0.938 bits per heavy atom. The van der Waals surface area contributed by atoms with E-state index >= 15 is 0 Å². The van der Waals surface area contributed by atoms with Crippen LogP contribution in [0.25, 0.3) is 0 Å². The van der Waals surface area contributed by atoms with Gasteiger partial charge in [-0.2, -0.15) is 0 Å². The van der Waals surface area contributed by atoms with Gasteiger partial charge in [0.2, 0.25) is 0 Å². The molecule has 0 bridgehead atoms. The summed E-state index contributed by atoms with van der Waals surface area (Å²) >= 11 is 0. The first kappa shape index (κ1) is 11.1. The number of benzene rings is 1. The zero-order valence-corrected chi connectivity index (χ0v) is 10.2. The highest BCUT2D eigenvalue weighted by molar-refractivity contribution is 6.15. The maximum Gasteiger partial charge on any atom is 0.164 e. The van der Waals surface area contributed by atoms with E-state index in [4.69, 9.17) is 0 Å². The van der Waals surface area contributed by atoms with E-state index in [1.807, 2.05) is 27.7 Å². The van der Waals surface area contributed by atoms with Gasteiger partial charge in [0.1, 0.15) is 0 Å². The third kappa shape index (κ3) is 1.33. The molecule has 2 nitrogen and oxygen atoms in total. The van der Waals surface area contributed by atoms with Gasteiger partial charge in [-0.1, -0.05) is 0 Å². The van der Waals surface area contributed by atoms with Crippen molar-refractivity contribution in [3.8, 4) is 0 Å². The number of rotatable bonds is 0. The van der Waals surface area contributed by atoms with Crippen molar-refractivity contribution in [3.05, 3.63) is 33.4 Å². The fourth-order valence-electron chi connectivity index (χ4n) is 2.49. The van der Waals surface area contributed by atoms with Crippen molar-refractivity contribution in [1.29, 1.82) is 0 Å². The first-order chi connectivity index (χ1) is 7.45. The monoisotopic (exact) mass is 216 g/mol. The van der Waals surface area contributed by atoms with E-state index in [9.17, 15) is 9.59 Å². The molecule has 0 spiro atoms. The molecule has 16 heavy (non-hydrogen) atoms. The zero-order chi connectivity index (χ0) is 12.0. The highest BCUT2D eigenvalue weighted by atomic mass is 16.1. The van der Waals surface area contributed by atoms with Crippen molar-refractivity contribution in [3.63, 3.8) is 0 Å². The Kier molecular flexibility index (Phi) is 2.45. The molecule has 0 N–H and O–H groups in total. The van der Waals surface area contributed by atoms with Crippen LogP contribution in [0.3, 0.4) is 0 Å². The Balaban J connectivity index is 2.89. The topological polar surface area (TPSA) is 34.1 Å². The van der Waals surface area contributed by atoms with E-state index in [0.717, 1.165) is 22.3 Å². The summed E-state index contributed by atoms with van der Waals surface area (Å²) < 4.78 is 0. The number of carbonyl (C=O) groups is 2. The molecule has 0 aromatic heterocycles. The molecule has 1 aliphatic carbocycles. The predicted octanol–water partition coefficient (Wildman–Crippen LogP) is 3.08. The lowest BCUT2D eigenvalue weighted by Crippen LogP contribution is -2.21. The average Bonchev–Trinajstić information content (AvgIpc) is 2.26. The summed E-state index contributed by atoms with van der Waals surface area (Å²) in [5, 5.41) is 0. The fourth-order valence-corrected chi connectivity index (χ4v) is 2.49. The number of hydrogen-bond acceptors (Lipinski definition) is 2. The smallest absolute Gasteiger partial charge is 0.164 e. The molecule has 0 aliphatic heterocycles. The summed E-state index contributed by atoms with van der Waals surface area (Å²) in [7, 11) is 0. The van der Waals surface area contributed by atoms with Gasteiger partial charge in [0.05, 0.1) is 0 Å². The van der Waals surface area contributed by atoms with Gasteiger partial charge in [0, 0.05) is 24.0 Å². The van der Waals surface area contributed by atoms with E-state index in [1.165, 1.54) is 0 Å². The summed E-state index contributed by atoms with van der Waals surface area (Å²) in [5.41, 5.74) is 5.60.